The van der Waals surface area contributed by atoms with E-state index in [1.165, 1.54) is 4.52 Å². The third kappa shape index (κ3) is 4.32. The molecule has 1 aromatic carbocycles. The molecule has 0 atom stereocenters. The molecule has 2 heterocycles. The highest BCUT2D eigenvalue weighted by molar-refractivity contribution is 7.99. The number of aryl methyl sites for hydroxylation is 2. The highest BCUT2D eigenvalue weighted by Crippen LogP contribution is 2.16. The Morgan fingerprint density at radius 1 is 1.28 bits per heavy atom. The van der Waals surface area contributed by atoms with Crippen LogP contribution in [-0.4, -0.2) is 37.3 Å². The minimum Gasteiger partial charge on any atom is -0.307 e. The number of anilines is 1. The Balaban J connectivity index is 1.52. The van der Waals surface area contributed by atoms with E-state index in [1.54, 1.807) is 24.5 Å². The van der Waals surface area contributed by atoms with Gasteiger partial charge in [0.05, 0.1) is 5.75 Å². The Kier molecular flexibility index (Phi) is 4.94. The maximum atomic E-state index is 11.9. The summed E-state index contributed by atoms with van der Waals surface area (Å²) >= 11 is 1.13. The molecule has 3 amide bonds. The highest BCUT2D eigenvalue weighted by Gasteiger charge is 2.12. The van der Waals surface area contributed by atoms with Crippen LogP contribution in [0.4, 0.5) is 10.5 Å². The molecule has 0 radical (unpaired) electrons. The number of nitrogens with zero attached hydrogens (tertiary/aromatic N) is 4. The van der Waals surface area contributed by atoms with Crippen LogP contribution in [0.5, 0.6) is 0 Å². The van der Waals surface area contributed by atoms with Crippen molar-refractivity contribution in [2.75, 3.05) is 11.1 Å². The van der Waals surface area contributed by atoms with Gasteiger partial charge in [0.2, 0.25) is 11.1 Å². The lowest BCUT2D eigenvalue weighted by atomic mass is 10.1. The summed E-state index contributed by atoms with van der Waals surface area (Å²) in [6, 6.07) is 6.82. The summed E-state index contributed by atoms with van der Waals surface area (Å²) in [4.78, 5) is 32.0. The second-order valence-electron chi connectivity index (χ2n) is 5.37. The lowest BCUT2D eigenvalue weighted by Gasteiger charge is -2.09. The highest BCUT2D eigenvalue weighted by atomic mass is 32.2. The zero-order chi connectivity index (χ0) is 17.8. The topological polar surface area (TPSA) is 101 Å². The first-order chi connectivity index (χ1) is 12.0. The van der Waals surface area contributed by atoms with Crippen LogP contribution in [0, 0.1) is 13.8 Å². The van der Waals surface area contributed by atoms with Crippen molar-refractivity contribution in [3.63, 3.8) is 0 Å². The van der Waals surface area contributed by atoms with E-state index in [2.05, 4.69) is 25.7 Å². The molecular weight excluding hydrogens is 340 g/mol. The molecule has 9 heteroatoms. The van der Waals surface area contributed by atoms with Gasteiger partial charge in [-0.05, 0) is 31.5 Å². The molecule has 0 spiro atoms. The number of urea groups is 1. The smallest absolute Gasteiger partial charge is 0.307 e. The molecule has 8 nitrogen and oxygen atoms in total. The van der Waals surface area contributed by atoms with Gasteiger partial charge in [-0.1, -0.05) is 29.5 Å². The predicted molar refractivity (Wildman–Crippen MR) is 94.6 cm³/mol. The third-order valence-corrected chi connectivity index (χ3v) is 4.15. The Morgan fingerprint density at radius 3 is 2.88 bits per heavy atom. The molecule has 0 saturated heterocycles. The number of nitrogens with one attached hydrogen (secondary N) is 2. The molecule has 25 heavy (non-hydrogen) atoms. The molecule has 0 bridgehead atoms. The summed E-state index contributed by atoms with van der Waals surface area (Å²) in [6.07, 6.45) is 3.33. The Bertz CT molecular complexity index is 906. The molecular formula is C16H16N6O2S. The van der Waals surface area contributed by atoms with Crippen LogP contribution >= 0.6 is 11.8 Å². The predicted octanol–water partition coefficient (Wildman–Crippen LogP) is 2.18. The van der Waals surface area contributed by atoms with Gasteiger partial charge in [-0.3, -0.25) is 10.1 Å². The van der Waals surface area contributed by atoms with Gasteiger partial charge in [0.25, 0.3) is 5.78 Å². The van der Waals surface area contributed by atoms with Gasteiger partial charge in [0.15, 0.2) is 0 Å². The number of imide groups is 1. The summed E-state index contributed by atoms with van der Waals surface area (Å²) in [5, 5.41) is 9.55. The van der Waals surface area contributed by atoms with Crippen molar-refractivity contribution in [2.45, 2.75) is 19.0 Å². The molecule has 0 saturated carbocycles. The van der Waals surface area contributed by atoms with Gasteiger partial charge in [-0.15, -0.1) is 5.10 Å². The second-order valence-corrected chi connectivity index (χ2v) is 6.31. The fraction of sp³-hybridized carbons (Fsp3) is 0.188. The quantitative estimate of drug-likeness (QED) is 0.695. The van der Waals surface area contributed by atoms with Crippen molar-refractivity contribution < 1.29 is 9.59 Å². The van der Waals surface area contributed by atoms with Crippen LogP contribution in [-0.2, 0) is 4.79 Å². The first-order valence-electron chi connectivity index (χ1n) is 7.49. The Hall–Kier alpha value is -2.94. The normalized spacial score (nSPS) is 10.6. The average Bonchev–Trinajstić information content (AvgIpc) is 2.98. The summed E-state index contributed by atoms with van der Waals surface area (Å²) < 4.78 is 1.52. The lowest BCUT2D eigenvalue weighted by molar-refractivity contribution is -0.117. The van der Waals surface area contributed by atoms with E-state index in [4.69, 9.17) is 0 Å². The van der Waals surface area contributed by atoms with Gasteiger partial charge in [0.1, 0.15) is 0 Å². The molecule has 2 N–H and O–H groups in total. The van der Waals surface area contributed by atoms with E-state index in [1.807, 2.05) is 26.0 Å². The van der Waals surface area contributed by atoms with Crippen molar-refractivity contribution in [3.05, 3.63) is 47.8 Å². The zero-order valence-corrected chi connectivity index (χ0v) is 14.5. The largest absolute Gasteiger partial charge is 0.325 e. The standard InChI is InChI=1S/C16H16N6O2S/c1-10-4-5-12(11(2)8-10)18-15(24)19-13(23)9-25-16-20-14-17-6-3-7-22(14)21-16/h3-8H,9H2,1-2H3,(H2,18,19,23,24). The van der Waals surface area contributed by atoms with Crippen LogP contribution in [0.2, 0.25) is 0 Å². The summed E-state index contributed by atoms with van der Waals surface area (Å²) in [6.45, 7) is 3.86. The molecule has 0 aliphatic carbocycles. The van der Waals surface area contributed by atoms with E-state index >= 15 is 0 Å². The Labute approximate surface area is 148 Å². The van der Waals surface area contributed by atoms with Crippen LogP contribution in [0.3, 0.4) is 0 Å². The van der Waals surface area contributed by atoms with Crippen LogP contribution in [0.25, 0.3) is 5.78 Å². The van der Waals surface area contributed by atoms with Crippen LogP contribution in [0.15, 0.2) is 41.8 Å². The van der Waals surface area contributed by atoms with Gasteiger partial charge in [-0.25, -0.2) is 14.3 Å². The van der Waals surface area contributed by atoms with E-state index in [0.717, 1.165) is 22.9 Å². The number of aromatic nitrogens is 4. The monoisotopic (exact) mass is 356 g/mol. The SMILES string of the molecule is Cc1ccc(NC(=O)NC(=O)CSc2nc3ncccn3n2)c(C)c1. The maximum Gasteiger partial charge on any atom is 0.325 e. The first-order valence-corrected chi connectivity index (χ1v) is 8.48. The molecule has 0 unspecified atom stereocenters. The van der Waals surface area contributed by atoms with E-state index in [-0.39, 0.29) is 5.75 Å². The van der Waals surface area contributed by atoms with Crippen molar-refractivity contribution in [2.24, 2.45) is 0 Å². The minimum absolute atomic E-state index is 0.0250. The van der Waals surface area contributed by atoms with Crippen molar-refractivity contribution >= 4 is 35.2 Å². The number of thioether (sulfide) groups is 1. The average molecular weight is 356 g/mol. The van der Waals surface area contributed by atoms with Crippen molar-refractivity contribution in [1.82, 2.24) is 24.9 Å². The van der Waals surface area contributed by atoms with Crippen molar-refractivity contribution in [3.8, 4) is 0 Å². The van der Waals surface area contributed by atoms with E-state index in [0.29, 0.717) is 16.6 Å². The molecule has 0 fully saturated rings. The third-order valence-electron chi connectivity index (χ3n) is 3.31. The second kappa shape index (κ2) is 7.31. The van der Waals surface area contributed by atoms with Gasteiger partial charge >= 0.3 is 6.03 Å². The number of hydrogen-bond acceptors (Lipinski definition) is 6. The molecule has 3 aromatic rings. The van der Waals surface area contributed by atoms with Gasteiger partial charge in [-0.2, -0.15) is 4.98 Å². The summed E-state index contributed by atoms with van der Waals surface area (Å²) in [7, 11) is 0. The first kappa shape index (κ1) is 16.9. The number of rotatable bonds is 4. The summed E-state index contributed by atoms with van der Waals surface area (Å²) in [5.41, 5.74) is 2.69. The zero-order valence-electron chi connectivity index (χ0n) is 13.7. The number of hydrogen-bond donors (Lipinski definition) is 2. The number of benzene rings is 1. The number of fused-ring (bicyclic) bond motifs is 1. The fourth-order valence-electron chi connectivity index (χ4n) is 2.18. The molecule has 0 aliphatic heterocycles. The molecule has 2 aromatic heterocycles. The van der Waals surface area contributed by atoms with Gasteiger partial charge in [0, 0.05) is 18.1 Å². The van der Waals surface area contributed by atoms with E-state index < -0.39 is 11.9 Å². The number of amides is 3. The maximum absolute atomic E-state index is 11.9. The van der Waals surface area contributed by atoms with Crippen molar-refractivity contribution in [1.29, 1.82) is 0 Å². The fourth-order valence-corrected chi connectivity index (χ4v) is 2.80. The molecule has 128 valence electrons. The van der Waals surface area contributed by atoms with Crippen LogP contribution < -0.4 is 10.6 Å². The molecule has 3 rings (SSSR count). The molecule has 0 aliphatic rings. The number of carbonyl (C=O) groups is 2. The van der Waals surface area contributed by atoms with Crippen LogP contribution in [0.1, 0.15) is 11.1 Å². The minimum atomic E-state index is -0.567. The Morgan fingerprint density at radius 2 is 2.12 bits per heavy atom. The summed E-state index contributed by atoms with van der Waals surface area (Å²) in [5.74, 6) is 0.0501. The van der Waals surface area contributed by atoms with E-state index in [9.17, 15) is 9.59 Å². The lowest BCUT2D eigenvalue weighted by Crippen LogP contribution is -2.35. The van der Waals surface area contributed by atoms with Gasteiger partial charge < -0.3 is 5.32 Å². The number of carbonyl (C=O) groups excluding carboxylic acids is 2.